The maximum Gasteiger partial charge on any atom is 0.349 e. The van der Waals surface area contributed by atoms with E-state index in [-0.39, 0.29) is 24.1 Å². The van der Waals surface area contributed by atoms with Crippen molar-refractivity contribution in [2.24, 2.45) is 0 Å². The first-order chi connectivity index (χ1) is 13.5. The van der Waals surface area contributed by atoms with Gasteiger partial charge in [-0.05, 0) is 43.2 Å². The van der Waals surface area contributed by atoms with Crippen LogP contribution in [-0.4, -0.2) is 17.9 Å². The zero-order valence-electron chi connectivity index (χ0n) is 15.8. The number of rotatable bonds is 6. The summed E-state index contributed by atoms with van der Waals surface area (Å²) in [5.41, 5.74) is 1.11. The van der Waals surface area contributed by atoms with E-state index in [9.17, 15) is 14.4 Å². The standard InChI is InChI=1S/C22H22N2O4/c1-3-14(2)24-20(25)16-10-8-15(9-11-16)13-23-21(26)18-12-17-6-4-5-7-19(17)28-22(18)27/h4-12,14H,3,13H2,1-2H3,(H,23,26)(H,24,25)/t14-/m0/s1. The second-order valence-electron chi connectivity index (χ2n) is 6.65. The van der Waals surface area contributed by atoms with Crippen LogP contribution in [0.3, 0.4) is 0 Å². The highest BCUT2D eigenvalue weighted by atomic mass is 16.4. The van der Waals surface area contributed by atoms with Gasteiger partial charge in [0.25, 0.3) is 11.8 Å². The third kappa shape index (κ3) is 4.46. The zero-order valence-corrected chi connectivity index (χ0v) is 15.8. The highest BCUT2D eigenvalue weighted by Gasteiger charge is 2.14. The molecule has 3 aromatic rings. The average Bonchev–Trinajstić information content (AvgIpc) is 2.71. The van der Waals surface area contributed by atoms with Crippen LogP contribution in [0.4, 0.5) is 0 Å². The Labute approximate surface area is 162 Å². The van der Waals surface area contributed by atoms with Crippen LogP contribution in [0.5, 0.6) is 0 Å². The second-order valence-corrected chi connectivity index (χ2v) is 6.65. The molecule has 0 aliphatic rings. The molecule has 0 saturated heterocycles. The predicted octanol–water partition coefficient (Wildman–Crippen LogP) is 3.25. The van der Waals surface area contributed by atoms with E-state index in [0.29, 0.717) is 16.5 Å². The minimum atomic E-state index is -0.673. The van der Waals surface area contributed by atoms with E-state index in [2.05, 4.69) is 10.6 Å². The number of hydrogen-bond acceptors (Lipinski definition) is 4. The monoisotopic (exact) mass is 378 g/mol. The Morgan fingerprint density at radius 3 is 2.46 bits per heavy atom. The van der Waals surface area contributed by atoms with Gasteiger partial charge in [-0.1, -0.05) is 37.3 Å². The summed E-state index contributed by atoms with van der Waals surface area (Å²) in [6.07, 6.45) is 0.860. The largest absolute Gasteiger partial charge is 0.422 e. The molecule has 0 bridgehead atoms. The molecule has 3 rings (SSSR count). The lowest BCUT2D eigenvalue weighted by Gasteiger charge is -2.11. The molecule has 2 N–H and O–H groups in total. The molecule has 0 aliphatic carbocycles. The molecule has 28 heavy (non-hydrogen) atoms. The molecular formula is C22H22N2O4. The topological polar surface area (TPSA) is 88.4 Å². The van der Waals surface area contributed by atoms with Gasteiger partial charge in [0.1, 0.15) is 11.1 Å². The van der Waals surface area contributed by atoms with Crippen LogP contribution in [0, 0.1) is 0 Å². The smallest absolute Gasteiger partial charge is 0.349 e. The summed E-state index contributed by atoms with van der Waals surface area (Å²) in [6, 6.07) is 15.6. The summed E-state index contributed by atoms with van der Waals surface area (Å²) >= 11 is 0. The third-order valence-corrected chi connectivity index (χ3v) is 4.55. The Hall–Kier alpha value is -3.41. The van der Waals surface area contributed by atoms with Gasteiger partial charge >= 0.3 is 5.63 Å². The van der Waals surface area contributed by atoms with Crippen LogP contribution in [-0.2, 0) is 6.54 Å². The van der Waals surface area contributed by atoms with Crippen molar-refractivity contribution in [2.45, 2.75) is 32.9 Å². The lowest BCUT2D eigenvalue weighted by Crippen LogP contribution is -2.31. The first-order valence-electron chi connectivity index (χ1n) is 9.19. The minimum absolute atomic E-state index is 0.0387. The van der Waals surface area contributed by atoms with Crippen molar-refractivity contribution >= 4 is 22.8 Å². The van der Waals surface area contributed by atoms with Crippen molar-refractivity contribution in [3.63, 3.8) is 0 Å². The van der Waals surface area contributed by atoms with Crippen molar-refractivity contribution in [1.29, 1.82) is 0 Å². The van der Waals surface area contributed by atoms with Gasteiger partial charge in [0.15, 0.2) is 0 Å². The second kappa shape index (κ2) is 8.52. The van der Waals surface area contributed by atoms with Crippen LogP contribution in [0.15, 0.2) is 63.8 Å². The molecule has 1 heterocycles. The van der Waals surface area contributed by atoms with Gasteiger partial charge in [-0.15, -0.1) is 0 Å². The number of carbonyl (C=O) groups is 2. The highest BCUT2D eigenvalue weighted by molar-refractivity contribution is 5.96. The van der Waals surface area contributed by atoms with Gasteiger partial charge in [-0.25, -0.2) is 4.79 Å². The third-order valence-electron chi connectivity index (χ3n) is 4.55. The number of carbonyl (C=O) groups excluding carboxylic acids is 2. The van der Waals surface area contributed by atoms with E-state index in [1.165, 1.54) is 6.07 Å². The van der Waals surface area contributed by atoms with Crippen LogP contribution in [0.25, 0.3) is 11.0 Å². The van der Waals surface area contributed by atoms with Gasteiger partial charge in [0.2, 0.25) is 0 Å². The number of fused-ring (bicyclic) bond motifs is 1. The van der Waals surface area contributed by atoms with E-state index in [1.807, 2.05) is 19.9 Å². The van der Waals surface area contributed by atoms with Crippen LogP contribution >= 0.6 is 0 Å². The Kier molecular flexibility index (Phi) is 5.89. The first kappa shape index (κ1) is 19.4. The molecule has 0 fully saturated rings. The molecule has 0 unspecified atom stereocenters. The van der Waals surface area contributed by atoms with Crippen LogP contribution in [0.1, 0.15) is 46.5 Å². The lowest BCUT2D eigenvalue weighted by atomic mass is 10.1. The summed E-state index contributed by atoms with van der Waals surface area (Å²) in [7, 11) is 0. The summed E-state index contributed by atoms with van der Waals surface area (Å²) in [4.78, 5) is 36.5. The molecule has 0 spiro atoms. The zero-order chi connectivity index (χ0) is 20.1. The van der Waals surface area contributed by atoms with Crippen molar-refractivity contribution in [3.05, 3.63) is 81.7 Å². The molecule has 1 atom stereocenters. The molecule has 6 heteroatoms. The fraction of sp³-hybridized carbons (Fsp3) is 0.227. The fourth-order valence-electron chi connectivity index (χ4n) is 2.68. The Morgan fingerprint density at radius 2 is 1.75 bits per heavy atom. The van der Waals surface area contributed by atoms with Gasteiger partial charge in [0, 0.05) is 23.5 Å². The fourth-order valence-corrected chi connectivity index (χ4v) is 2.68. The molecule has 1 aromatic heterocycles. The number of nitrogens with one attached hydrogen (secondary N) is 2. The van der Waals surface area contributed by atoms with Crippen molar-refractivity contribution < 1.29 is 14.0 Å². The number of benzene rings is 2. The Bertz CT molecular complexity index is 1050. The molecule has 144 valence electrons. The van der Waals surface area contributed by atoms with E-state index in [0.717, 1.165) is 12.0 Å². The van der Waals surface area contributed by atoms with E-state index >= 15 is 0 Å². The maximum absolute atomic E-state index is 12.4. The van der Waals surface area contributed by atoms with E-state index in [1.54, 1.807) is 42.5 Å². The van der Waals surface area contributed by atoms with Crippen LogP contribution in [0.2, 0.25) is 0 Å². The van der Waals surface area contributed by atoms with Crippen molar-refractivity contribution in [3.8, 4) is 0 Å². The molecular weight excluding hydrogens is 356 g/mol. The summed E-state index contributed by atoms with van der Waals surface area (Å²) < 4.78 is 5.19. The average molecular weight is 378 g/mol. The minimum Gasteiger partial charge on any atom is -0.422 e. The van der Waals surface area contributed by atoms with E-state index in [4.69, 9.17) is 4.42 Å². The first-order valence-corrected chi connectivity index (χ1v) is 9.19. The Balaban J connectivity index is 1.65. The van der Waals surface area contributed by atoms with Gasteiger partial charge < -0.3 is 15.1 Å². The summed E-state index contributed by atoms with van der Waals surface area (Å²) in [6.45, 7) is 4.19. The number of amides is 2. The maximum atomic E-state index is 12.4. The highest BCUT2D eigenvalue weighted by Crippen LogP contribution is 2.13. The van der Waals surface area contributed by atoms with Crippen LogP contribution < -0.4 is 16.3 Å². The normalized spacial score (nSPS) is 11.8. The van der Waals surface area contributed by atoms with Crippen molar-refractivity contribution in [1.82, 2.24) is 10.6 Å². The molecule has 2 amide bonds. The van der Waals surface area contributed by atoms with Crippen molar-refractivity contribution in [2.75, 3.05) is 0 Å². The molecule has 0 saturated carbocycles. The number of para-hydroxylation sites is 1. The Morgan fingerprint density at radius 1 is 1.04 bits per heavy atom. The molecule has 2 aromatic carbocycles. The van der Waals surface area contributed by atoms with Gasteiger partial charge in [-0.3, -0.25) is 9.59 Å². The van der Waals surface area contributed by atoms with E-state index < -0.39 is 11.5 Å². The SMILES string of the molecule is CC[C@H](C)NC(=O)c1ccc(CNC(=O)c2cc3ccccc3oc2=O)cc1. The summed E-state index contributed by atoms with van der Waals surface area (Å²) in [5, 5.41) is 6.30. The van der Waals surface area contributed by atoms with Gasteiger partial charge in [0.05, 0.1) is 0 Å². The van der Waals surface area contributed by atoms with Gasteiger partial charge in [-0.2, -0.15) is 0 Å². The lowest BCUT2D eigenvalue weighted by molar-refractivity contribution is 0.0933. The summed E-state index contributed by atoms with van der Waals surface area (Å²) in [5.74, 6) is -0.628. The molecule has 6 nitrogen and oxygen atoms in total. The molecule has 0 radical (unpaired) electrons. The molecule has 0 aliphatic heterocycles. The quantitative estimate of drug-likeness (QED) is 0.645. The predicted molar refractivity (Wildman–Crippen MR) is 107 cm³/mol. The number of hydrogen-bond donors (Lipinski definition) is 2.